The molecule has 2 rings (SSSR count). The molecule has 1 unspecified atom stereocenters. The lowest BCUT2D eigenvalue weighted by Crippen LogP contribution is -2.40. The van der Waals surface area contributed by atoms with Crippen molar-refractivity contribution < 1.29 is 14.3 Å². The van der Waals surface area contributed by atoms with Gasteiger partial charge in [-0.25, -0.2) is 14.2 Å². The molecule has 0 aliphatic rings. The highest BCUT2D eigenvalue weighted by molar-refractivity contribution is 7.13. The Morgan fingerprint density at radius 1 is 1.41 bits per heavy atom. The van der Waals surface area contributed by atoms with E-state index in [1.807, 2.05) is 12.3 Å². The summed E-state index contributed by atoms with van der Waals surface area (Å²) in [6.07, 6.45) is 0.805. The second-order valence-corrected chi connectivity index (χ2v) is 5.94. The lowest BCUT2D eigenvalue weighted by atomic mass is 9.96. The number of anilines is 1. The maximum absolute atomic E-state index is 12.9. The number of aromatic nitrogens is 1. The predicted molar refractivity (Wildman–Crippen MR) is 84.5 cm³/mol. The third-order valence-corrected chi connectivity index (χ3v) is 4.00. The molecule has 22 heavy (non-hydrogen) atoms. The first-order chi connectivity index (χ1) is 10.4. The zero-order chi connectivity index (χ0) is 16.2. The van der Waals surface area contributed by atoms with Crippen LogP contribution in [0.25, 0.3) is 0 Å². The minimum Gasteiger partial charge on any atom is -0.384 e. The van der Waals surface area contributed by atoms with Crippen LogP contribution < -0.4 is 10.6 Å². The Labute approximate surface area is 132 Å². The van der Waals surface area contributed by atoms with Gasteiger partial charge in [0.2, 0.25) is 0 Å². The number of nitrogens with one attached hydrogen (secondary N) is 2. The summed E-state index contributed by atoms with van der Waals surface area (Å²) in [6.45, 7) is 3.54. The number of hydrogen-bond acceptors (Lipinski definition) is 4. The van der Waals surface area contributed by atoms with Crippen molar-refractivity contribution in [2.24, 2.45) is 0 Å². The van der Waals surface area contributed by atoms with Crippen LogP contribution in [0, 0.1) is 5.82 Å². The number of thiazole rings is 1. The fourth-order valence-corrected chi connectivity index (χ4v) is 2.62. The lowest BCUT2D eigenvalue weighted by Gasteiger charge is -2.24. The van der Waals surface area contributed by atoms with Crippen LogP contribution >= 0.6 is 11.3 Å². The van der Waals surface area contributed by atoms with E-state index >= 15 is 0 Å². The molecule has 7 heteroatoms. The van der Waals surface area contributed by atoms with E-state index in [1.54, 1.807) is 6.92 Å². The second kappa shape index (κ2) is 6.85. The van der Waals surface area contributed by atoms with Gasteiger partial charge in [0.15, 0.2) is 5.13 Å². The first kappa shape index (κ1) is 16.4. The molecule has 1 heterocycles. The summed E-state index contributed by atoms with van der Waals surface area (Å²) in [6, 6.07) is 5.07. The number of urea groups is 1. The van der Waals surface area contributed by atoms with Gasteiger partial charge in [0, 0.05) is 5.38 Å². The van der Waals surface area contributed by atoms with Gasteiger partial charge in [-0.3, -0.25) is 5.32 Å². The zero-order valence-electron chi connectivity index (χ0n) is 12.4. The van der Waals surface area contributed by atoms with E-state index in [9.17, 15) is 14.3 Å². The molecule has 0 radical (unpaired) electrons. The highest BCUT2D eigenvalue weighted by Gasteiger charge is 2.24. The molecule has 5 nitrogen and oxygen atoms in total. The number of aryl methyl sites for hydroxylation is 1. The highest BCUT2D eigenvalue weighted by atomic mass is 32.1. The number of aliphatic hydroxyl groups is 1. The van der Waals surface area contributed by atoms with Crippen LogP contribution in [0.3, 0.4) is 0 Å². The number of rotatable bonds is 5. The molecule has 0 bridgehead atoms. The SMILES string of the molecule is CCc1csc(NC(=O)NCC(C)(O)c2ccc(F)cc2)n1. The van der Waals surface area contributed by atoms with E-state index in [0.717, 1.165) is 12.1 Å². The van der Waals surface area contributed by atoms with Gasteiger partial charge in [-0.2, -0.15) is 0 Å². The monoisotopic (exact) mass is 323 g/mol. The quantitative estimate of drug-likeness (QED) is 0.792. The van der Waals surface area contributed by atoms with Gasteiger partial charge in [-0.05, 0) is 31.0 Å². The average molecular weight is 323 g/mol. The number of amides is 2. The van der Waals surface area contributed by atoms with Gasteiger partial charge in [0.1, 0.15) is 11.4 Å². The Kier molecular flexibility index (Phi) is 5.10. The first-order valence-electron chi connectivity index (χ1n) is 6.88. The lowest BCUT2D eigenvalue weighted by molar-refractivity contribution is 0.0599. The molecular formula is C15H18FN3O2S. The first-order valence-corrected chi connectivity index (χ1v) is 7.76. The van der Waals surface area contributed by atoms with Crippen molar-refractivity contribution in [3.8, 4) is 0 Å². The summed E-state index contributed by atoms with van der Waals surface area (Å²) in [7, 11) is 0. The Hall–Kier alpha value is -1.99. The zero-order valence-corrected chi connectivity index (χ0v) is 13.2. The molecule has 0 aliphatic carbocycles. The smallest absolute Gasteiger partial charge is 0.321 e. The van der Waals surface area contributed by atoms with E-state index in [-0.39, 0.29) is 12.4 Å². The van der Waals surface area contributed by atoms with Crippen molar-refractivity contribution in [2.45, 2.75) is 25.9 Å². The third kappa shape index (κ3) is 4.25. The van der Waals surface area contributed by atoms with E-state index in [4.69, 9.17) is 0 Å². The van der Waals surface area contributed by atoms with Crippen LogP contribution in [0.1, 0.15) is 25.1 Å². The normalized spacial score (nSPS) is 13.5. The molecule has 1 aromatic carbocycles. The molecule has 0 aliphatic heterocycles. The summed E-state index contributed by atoms with van der Waals surface area (Å²) >= 11 is 1.35. The van der Waals surface area contributed by atoms with Crippen molar-refractivity contribution in [1.29, 1.82) is 0 Å². The molecule has 118 valence electrons. The van der Waals surface area contributed by atoms with Crippen LogP contribution in [0.5, 0.6) is 0 Å². The second-order valence-electron chi connectivity index (χ2n) is 5.09. The largest absolute Gasteiger partial charge is 0.384 e. The topological polar surface area (TPSA) is 74.2 Å². The van der Waals surface area contributed by atoms with Crippen molar-refractivity contribution in [3.63, 3.8) is 0 Å². The number of hydrogen-bond donors (Lipinski definition) is 3. The fourth-order valence-electron chi connectivity index (χ4n) is 1.83. The average Bonchev–Trinajstić information content (AvgIpc) is 2.93. The number of carbonyl (C=O) groups excluding carboxylic acids is 1. The molecule has 2 amide bonds. The van der Waals surface area contributed by atoms with Gasteiger partial charge < -0.3 is 10.4 Å². The summed E-state index contributed by atoms with van der Waals surface area (Å²) in [5.74, 6) is -0.374. The Morgan fingerprint density at radius 3 is 2.68 bits per heavy atom. The molecule has 2 aromatic rings. The maximum Gasteiger partial charge on any atom is 0.321 e. The summed E-state index contributed by atoms with van der Waals surface area (Å²) in [5.41, 5.74) is 0.151. The van der Waals surface area contributed by atoms with Crippen LogP contribution in [-0.4, -0.2) is 22.7 Å². The number of nitrogens with zero attached hydrogens (tertiary/aromatic N) is 1. The summed E-state index contributed by atoms with van der Waals surface area (Å²) in [4.78, 5) is 16.0. The fraction of sp³-hybridized carbons (Fsp3) is 0.333. The van der Waals surface area contributed by atoms with Crippen LogP contribution in [0.4, 0.5) is 14.3 Å². The summed E-state index contributed by atoms with van der Waals surface area (Å²) in [5, 5.41) is 17.9. The maximum atomic E-state index is 12.9. The molecule has 1 atom stereocenters. The van der Waals surface area contributed by atoms with Gasteiger partial charge in [0.25, 0.3) is 0 Å². The van der Waals surface area contributed by atoms with Gasteiger partial charge >= 0.3 is 6.03 Å². The number of benzene rings is 1. The molecule has 1 aromatic heterocycles. The Morgan fingerprint density at radius 2 is 2.09 bits per heavy atom. The molecule has 0 saturated heterocycles. The third-order valence-electron chi connectivity index (χ3n) is 3.19. The van der Waals surface area contributed by atoms with Gasteiger partial charge in [-0.15, -0.1) is 11.3 Å². The van der Waals surface area contributed by atoms with Crippen molar-refractivity contribution in [1.82, 2.24) is 10.3 Å². The van der Waals surface area contributed by atoms with Crippen molar-refractivity contribution in [2.75, 3.05) is 11.9 Å². The number of carbonyl (C=O) groups is 1. The minimum atomic E-state index is -1.29. The Balaban J connectivity index is 1.90. The standard InChI is InChI=1S/C15H18FN3O2S/c1-3-12-8-22-14(18-12)19-13(20)17-9-15(2,21)10-4-6-11(16)7-5-10/h4-8,21H,3,9H2,1-2H3,(H2,17,18,19,20). The molecule has 0 saturated carbocycles. The molecule has 3 N–H and O–H groups in total. The van der Waals surface area contributed by atoms with Crippen LogP contribution in [-0.2, 0) is 12.0 Å². The highest BCUT2D eigenvalue weighted by Crippen LogP contribution is 2.20. The summed E-state index contributed by atoms with van der Waals surface area (Å²) < 4.78 is 12.9. The predicted octanol–water partition coefficient (Wildman–Crippen LogP) is 2.87. The van der Waals surface area contributed by atoms with E-state index < -0.39 is 11.6 Å². The number of halogens is 1. The van der Waals surface area contributed by atoms with E-state index in [2.05, 4.69) is 15.6 Å². The molecule has 0 spiro atoms. The minimum absolute atomic E-state index is 0.00350. The van der Waals surface area contributed by atoms with Gasteiger partial charge in [-0.1, -0.05) is 19.1 Å². The van der Waals surface area contributed by atoms with Crippen LogP contribution in [0.15, 0.2) is 29.6 Å². The molecule has 0 fully saturated rings. The van der Waals surface area contributed by atoms with Crippen LogP contribution in [0.2, 0.25) is 0 Å². The van der Waals surface area contributed by atoms with Gasteiger partial charge in [0.05, 0.1) is 12.2 Å². The van der Waals surface area contributed by atoms with Crippen molar-refractivity contribution >= 4 is 22.5 Å². The van der Waals surface area contributed by atoms with E-state index in [1.165, 1.54) is 35.6 Å². The van der Waals surface area contributed by atoms with Crippen molar-refractivity contribution in [3.05, 3.63) is 46.7 Å². The molecular weight excluding hydrogens is 305 g/mol. The van der Waals surface area contributed by atoms with E-state index in [0.29, 0.717) is 10.7 Å². The Bertz CT molecular complexity index is 640.